The maximum atomic E-state index is 12.6. The van der Waals surface area contributed by atoms with E-state index in [4.69, 9.17) is 0 Å². The number of hydrogen-bond acceptors (Lipinski definition) is 2. The van der Waals surface area contributed by atoms with E-state index in [1.54, 1.807) is 4.90 Å². The number of nitrogens with one attached hydrogen (secondary N) is 1. The summed E-state index contributed by atoms with van der Waals surface area (Å²) in [4.78, 5) is 26.7. The lowest BCUT2D eigenvalue weighted by Crippen LogP contribution is -2.28. The average Bonchev–Trinajstić information content (AvgIpc) is 2.97. The smallest absolute Gasteiger partial charge is 0.229 e. The monoisotopic (exact) mass is 322 g/mol. The minimum Gasteiger partial charge on any atom is -0.326 e. The Hall–Kier alpha value is -2.62. The highest BCUT2D eigenvalue weighted by molar-refractivity contribution is 6.04. The van der Waals surface area contributed by atoms with Gasteiger partial charge in [-0.1, -0.05) is 43.3 Å². The van der Waals surface area contributed by atoms with Crippen LogP contribution in [0, 0.1) is 12.8 Å². The molecule has 0 aromatic heterocycles. The molecule has 1 aliphatic heterocycles. The molecule has 0 aliphatic carbocycles. The molecule has 124 valence electrons. The molecule has 4 heteroatoms. The van der Waals surface area contributed by atoms with E-state index < -0.39 is 0 Å². The van der Waals surface area contributed by atoms with E-state index >= 15 is 0 Å². The third-order valence-corrected chi connectivity index (χ3v) is 4.56. The van der Waals surface area contributed by atoms with Gasteiger partial charge in [0.2, 0.25) is 11.8 Å². The molecule has 1 heterocycles. The van der Waals surface area contributed by atoms with Gasteiger partial charge in [-0.15, -0.1) is 0 Å². The first-order chi connectivity index (χ1) is 11.6. The fourth-order valence-corrected chi connectivity index (χ4v) is 3.17. The highest BCUT2D eigenvalue weighted by atomic mass is 16.2. The molecule has 1 fully saturated rings. The Morgan fingerprint density at radius 2 is 1.88 bits per heavy atom. The van der Waals surface area contributed by atoms with E-state index in [9.17, 15) is 9.59 Å². The number of carbonyl (C=O) groups is 2. The fourth-order valence-electron chi connectivity index (χ4n) is 3.17. The quantitative estimate of drug-likeness (QED) is 0.936. The van der Waals surface area contributed by atoms with Crippen LogP contribution in [0.3, 0.4) is 0 Å². The Morgan fingerprint density at radius 1 is 1.17 bits per heavy atom. The molecule has 3 rings (SSSR count). The van der Waals surface area contributed by atoms with Gasteiger partial charge in [-0.05, 0) is 36.6 Å². The molecular weight excluding hydrogens is 300 g/mol. The lowest BCUT2D eigenvalue weighted by Gasteiger charge is -2.19. The number of rotatable bonds is 4. The summed E-state index contributed by atoms with van der Waals surface area (Å²) in [5.41, 5.74) is 3.88. The Labute approximate surface area is 142 Å². The number of benzene rings is 2. The molecular formula is C20H22N2O2. The highest BCUT2D eigenvalue weighted by Crippen LogP contribution is 2.28. The second-order valence-electron chi connectivity index (χ2n) is 6.19. The number of hydrogen-bond donors (Lipinski definition) is 1. The fraction of sp³-hybridized carbons (Fsp3) is 0.300. The van der Waals surface area contributed by atoms with E-state index in [2.05, 4.69) is 12.2 Å². The number of anilines is 2. The Morgan fingerprint density at radius 3 is 2.62 bits per heavy atom. The third kappa shape index (κ3) is 3.18. The summed E-state index contributed by atoms with van der Waals surface area (Å²) in [6.07, 6.45) is 1.11. The normalized spacial score (nSPS) is 17.2. The zero-order valence-corrected chi connectivity index (χ0v) is 14.1. The van der Waals surface area contributed by atoms with E-state index in [1.807, 2.05) is 55.5 Å². The minimum absolute atomic E-state index is 0.00762. The van der Waals surface area contributed by atoms with Gasteiger partial charge in [0.25, 0.3) is 0 Å². The van der Waals surface area contributed by atoms with Crippen LogP contribution < -0.4 is 10.2 Å². The highest BCUT2D eigenvalue weighted by Gasteiger charge is 2.35. The van der Waals surface area contributed by atoms with E-state index in [0.717, 1.165) is 28.9 Å². The second-order valence-corrected chi connectivity index (χ2v) is 6.19. The third-order valence-electron chi connectivity index (χ3n) is 4.56. The number of aryl methyl sites for hydroxylation is 2. The van der Waals surface area contributed by atoms with Crippen LogP contribution in [0.2, 0.25) is 0 Å². The summed E-state index contributed by atoms with van der Waals surface area (Å²) in [5.74, 6) is -0.393. The lowest BCUT2D eigenvalue weighted by atomic mass is 10.1. The molecule has 2 aromatic carbocycles. The predicted molar refractivity (Wildman–Crippen MR) is 96.1 cm³/mol. The summed E-state index contributed by atoms with van der Waals surface area (Å²) in [6, 6.07) is 15.6. The first-order valence-corrected chi connectivity index (χ1v) is 8.35. The maximum absolute atomic E-state index is 12.6. The van der Waals surface area contributed by atoms with Crippen LogP contribution >= 0.6 is 0 Å². The maximum Gasteiger partial charge on any atom is 0.229 e. The van der Waals surface area contributed by atoms with Crippen molar-refractivity contribution in [2.75, 3.05) is 16.8 Å². The number of para-hydroxylation sites is 2. The van der Waals surface area contributed by atoms with Crippen molar-refractivity contribution in [3.8, 4) is 0 Å². The first kappa shape index (κ1) is 16.2. The Kier molecular flexibility index (Phi) is 4.65. The molecule has 1 saturated heterocycles. The standard InChI is InChI=1S/C20H22N2O2/c1-3-15-9-5-6-10-17(15)21-20(24)16-12-19(23)22(13-16)18-11-7-4-8-14(18)2/h4-11,16H,3,12-13H2,1-2H3,(H,21,24)/t16-/m0/s1. The van der Waals surface area contributed by atoms with Gasteiger partial charge in [0, 0.05) is 24.3 Å². The van der Waals surface area contributed by atoms with Crippen molar-refractivity contribution in [3.05, 3.63) is 59.7 Å². The molecule has 2 amide bonds. The van der Waals surface area contributed by atoms with Crippen molar-refractivity contribution in [2.24, 2.45) is 5.92 Å². The second kappa shape index (κ2) is 6.87. The number of nitrogens with zero attached hydrogens (tertiary/aromatic N) is 1. The summed E-state index contributed by atoms with van der Waals surface area (Å²) < 4.78 is 0. The topological polar surface area (TPSA) is 49.4 Å². The van der Waals surface area contributed by atoms with Crippen molar-refractivity contribution in [2.45, 2.75) is 26.7 Å². The molecule has 0 bridgehead atoms. The largest absolute Gasteiger partial charge is 0.326 e. The molecule has 0 saturated carbocycles. The van der Waals surface area contributed by atoms with E-state index in [-0.39, 0.29) is 24.2 Å². The summed E-state index contributed by atoms with van der Waals surface area (Å²) in [5, 5.41) is 2.99. The van der Waals surface area contributed by atoms with Gasteiger partial charge in [-0.3, -0.25) is 9.59 Å². The predicted octanol–water partition coefficient (Wildman–Crippen LogP) is 3.55. The molecule has 0 radical (unpaired) electrons. The van der Waals surface area contributed by atoms with Gasteiger partial charge >= 0.3 is 0 Å². The van der Waals surface area contributed by atoms with Crippen LogP contribution in [-0.4, -0.2) is 18.4 Å². The number of carbonyl (C=O) groups excluding carboxylic acids is 2. The van der Waals surface area contributed by atoms with Gasteiger partial charge in [-0.2, -0.15) is 0 Å². The minimum atomic E-state index is -0.318. The van der Waals surface area contributed by atoms with Crippen LogP contribution in [0.1, 0.15) is 24.5 Å². The molecule has 1 N–H and O–H groups in total. The molecule has 1 aliphatic rings. The van der Waals surface area contributed by atoms with Crippen molar-refractivity contribution in [1.29, 1.82) is 0 Å². The van der Waals surface area contributed by atoms with Gasteiger partial charge in [0.05, 0.1) is 5.92 Å². The Balaban J connectivity index is 1.74. The van der Waals surface area contributed by atoms with Gasteiger partial charge in [-0.25, -0.2) is 0 Å². The van der Waals surface area contributed by atoms with Crippen LogP contribution in [0.25, 0.3) is 0 Å². The molecule has 4 nitrogen and oxygen atoms in total. The molecule has 1 atom stereocenters. The summed E-state index contributed by atoms with van der Waals surface area (Å²) in [6.45, 7) is 4.47. The van der Waals surface area contributed by atoms with Crippen molar-refractivity contribution >= 4 is 23.2 Å². The van der Waals surface area contributed by atoms with Crippen molar-refractivity contribution in [3.63, 3.8) is 0 Å². The molecule has 24 heavy (non-hydrogen) atoms. The lowest BCUT2D eigenvalue weighted by molar-refractivity contribution is -0.122. The molecule has 0 spiro atoms. The Bertz CT molecular complexity index is 770. The van der Waals surface area contributed by atoms with Gasteiger partial charge < -0.3 is 10.2 Å². The van der Waals surface area contributed by atoms with E-state index in [0.29, 0.717) is 6.54 Å². The summed E-state index contributed by atoms with van der Waals surface area (Å²) in [7, 11) is 0. The molecule has 2 aromatic rings. The van der Waals surface area contributed by atoms with Crippen LogP contribution in [0.4, 0.5) is 11.4 Å². The average molecular weight is 322 g/mol. The van der Waals surface area contributed by atoms with Crippen LogP contribution in [0.5, 0.6) is 0 Å². The van der Waals surface area contributed by atoms with Crippen LogP contribution in [-0.2, 0) is 16.0 Å². The van der Waals surface area contributed by atoms with E-state index in [1.165, 1.54) is 0 Å². The first-order valence-electron chi connectivity index (χ1n) is 8.35. The SMILES string of the molecule is CCc1ccccc1NC(=O)[C@H]1CC(=O)N(c2ccccc2C)C1. The van der Waals surface area contributed by atoms with Crippen LogP contribution in [0.15, 0.2) is 48.5 Å². The zero-order chi connectivity index (χ0) is 17.1. The zero-order valence-electron chi connectivity index (χ0n) is 14.1. The number of amides is 2. The van der Waals surface area contributed by atoms with Crippen molar-refractivity contribution < 1.29 is 9.59 Å². The summed E-state index contributed by atoms with van der Waals surface area (Å²) >= 11 is 0. The van der Waals surface area contributed by atoms with Crippen molar-refractivity contribution in [1.82, 2.24) is 0 Å². The van der Waals surface area contributed by atoms with Gasteiger partial charge in [0.15, 0.2) is 0 Å². The van der Waals surface area contributed by atoms with Gasteiger partial charge in [0.1, 0.15) is 0 Å². The molecule has 0 unspecified atom stereocenters.